The summed E-state index contributed by atoms with van der Waals surface area (Å²) in [5.74, 6) is -0.176. The number of fused-ring (bicyclic) bond motifs is 1. The second kappa shape index (κ2) is 8.16. The highest BCUT2D eigenvalue weighted by atomic mass is 32.1. The number of nitrogens with zero attached hydrogens (tertiary/aromatic N) is 1. The number of ether oxygens (including phenoxy) is 2. The average Bonchev–Trinajstić information content (AvgIpc) is 3.05. The molecule has 1 aliphatic rings. The van der Waals surface area contributed by atoms with Crippen molar-refractivity contribution < 1.29 is 19.1 Å². The van der Waals surface area contributed by atoms with Gasteiger partial charge >= 0.3 is 0 Å². The van der Waals surface area contributed by atoms with Crippen molar-refractivity contribution in [1.82, 2.24) is 10.2 Å². The first-order chi connectivity index (χ1) is 12.5. The number of thiophene rings is 1. The molecule has 0 aliphatic carbocycles. The molecule has 1 fully saturated rings. The highest BCUT2D eigenvalue weighted by Crippen LogP contribution is 2.38. The highest BCUT2D eigenvalue weighted by molar-refractivity contribution is 7.21. The van der Waals surface area contributed by atoms with Gasteiger partial charge in [0.15, 0.2) is 0 Å². The van der Waals surface area contributed by atoms with Gasteiger partial charge in [-0.25, -0.2) is 0 Å². The Morgan fingerprint density at radius 2 is 2.15 bits per heavy atom. The van der Waals surface area contributed by atoms with Crippen LogP contribution in [0.1, 0.15) is 35.2 Å². The number of morpholine rings is 1. The quantitative estimate of drug-likeness (QED) is 0.871. The summed E-state index contributed by atoms with van der Waals surface area (Å²) >= 11 is 1.45. The molecule has 2 amide bonds. The van der Waals surface area contributed by atoms with Crippen LogP contribution in [0.3, 0.4) is 0 Å². The molecule has 140 valence electrons. The van der Waals surface area contributed by atoms with E-state index in [0.29, 0.717) is 24.6 Å². The highest BCUT2D eigenvalue weighted by Gasteiger charge is 2.31. The maximum atomic E-state index is 12.4. The Balaban J connectivity index is 1.88. The van der Waals surface area contributed by atoms with E-state index in [1.165, 1.54) is 11.3 Å². The van der Waals surface area contributed by atoms with Crippen molar-refractivity contribution in [2.45, 2.75) is 26.1 Å². The van der Waals surface area contributed by atoms with Gasteiger partial charge in [0.1, 0.15) is 12.7 Å². The molecule has 0 spiro atoms. The van der Waals surface area contributed by atoms with Gasteiger partial charge in [-0.1, -0.05) is 18.2 Å². The third kappa shape index (κ3) is 3.90. The standard InChI is InChI=1S/C19H24N2O4S/c1-12(2)25-11-16(22)21-8-9-24-14(10-21)17-13-6-4-5-7-15(13)26-18(17)19(23)20-3/h4-7,12,14H,8-11H2,1-3H3,(H,20,23)/t14-/m0/s1. The SMILES string of the molecule is CNC(=O)c1sc2ccccc2c1[C@@H]1CN(C(=O)COC(C)C)CCO1. The number of hydrogen-bond donors (Lipinski definition) is 1. The molecule has 0 radical (unpaired) electrons. The van der Waals surface area contributed by atoms with Crippen molar-refractivity contribution in [3.8, 4) is 0 Å². The summed E-state index contributed by atoms with van der Waals surface area (Å²) in [4.78, 5) is 27.2. The van der Waals surface area contributed by atoms with E-state index in [9.17, 15) is 9.59 Å². The first kappa shape index (κ1) is 18.8. The number of benzene rings is 1. The summed E-state index contributed by atoms with van der Waals surface area (Å²) in [7, 11) is 1.62. The lowest BCUT2D eigenvalue weighted by molar-refractivity contribution is -0.145. The summed E-state index contributed by atoms with van der Waals surface area (Å²) in [5.41, 5.74) is 0.868. The summed E-state index contributed by atoms with van der Waals surface area (Å²) < 4.78 is 12.4. The van der Waals surface area contributed by atoms with E-state index in [1.54, 1.807) is 11.9 Å². The van der Waals surface area contributed by atoms with E-state index < -0.39 is 0 Å². The molecule has 0 bridgehead atoms. The summed E-state index contributed by atoms with van der Waals surface area (Å²) in [6.45, 7) is 5.27. The molecule has 3 rings (SSSR count). The lowest BCUT2D eigenvalue weighted by Crippen LogP contribution is -2.44. The van der Waals surface area contributed by atoms with E-state index >= 15 is 0 Å². The van der Waals surface area contributed by atoms with E-state index in [0.717, 1.165) is 15.6 Å². The minimum Gasteiger partial charge on any atom is -0.370 e. The third-order valence-corrected chi connectivity index (χ3v) is 5.53. The van der Waals surface area contributed by atoms with Crippen molar-refractivity contribution >= 4 is 33.2 Å². The number of carbonyl (C=O) groups excluding carboxylic acids is 2. The first-order valence-electron chi connectivity index (χ1n) is 8.75. The molecular formula is C19H24N2O4S. The van der Waals surface area contributed by atoms with Crippen LogP contribution < -0.4 is 5.32 Å². The Hall–Kier alpha value is -1.96. The lowest BCUT2D eigenvalue weighted by Gasteiger charge is -2.33. The van der Waals surface area contributed by atoms with Crippen LogP contribution in [-0.4, -0.2) is 56.2 Å². The Morgan fingerprint density at radius 3 is 2.88 bits per heavy atom. The smallest absolute Gasteiger partial charge is 0.261 e. The summed E-state index contributed by atoms with van der Waals surface area (Å²) in [6, 6.07) is 7.91. The number of rotatable bonds is 5. The zero-order valence-corrected chi connectivity index (χ0v) is 16.1. The molecule has 6 nitrogen and oxygen atoms in total. The number of carbonyl (C=O) groups is 2. The maximum Gasteiger partial charge on any atom is 0.261 e. The van der Waals surface area contributed by atoms with E-state index in [1.807, 2.05) is 38.1 Å². The fourth-order valence-electron chi connectivity index (χ4n) is 3.05. The minimum atomic E-state index is -0.324. The Bertz CT molecular complexity index is 802. The molecule has 1 aliphatic heterocycles. The third-order valence-electron chi connectivity index (χ3n) is 4.35. The molecular weight excluding hydrogens is 352 g/mol. The Morgan fingerprint density at radius 1 is 1.38 bits per heavy atom. The van der Waals surface area contributed by atoms with Crippen molar-refractivity contribution in [3.63, 3.8) is 0 Å². The number of nitrogens with one attached hydrogen (secondary N) is 1. The zero-order chi connectivity index (χ0) is 18.7. The molecule has 0 saturated carbocycles. The Labute approximate surface area is 157 Å². The Kier molecular flexibility index (Phi) is 5.90. The minimum absolute atomic E-state index is 0.0106. The van der Waals surface area contributed by atoms with Crippen LogP contribution >= 0.6 is 11.3 Å². The summed E-state index contributed by atoms with van der Waals surface area (Å²) in [6.07, 6.45) is -0.313. The largest absolute Gasteiger partial charge is 0.370 e. The molecule has 1 aromatic heterocycles. The molecule has 1 atom stereocenters. The first-order valence-corrected chi connectivity index (χ1v) is 9.57. The van der Waals surface area contributed by atoms with E-state index in [2.05, 4.69) is 5.32 Å². The van der Waals surface area contributed by atoms with E-state index in [4.69, 9.17) is 9.47 Å². The van der Waals surface area contributed by atoms with Crippen LogP contribution in [0.4, 0.5) is 0 Å². The van der Waals surface area contributed by atoms with Crippen LogP contribution in [0, 0.1) is 0 Å². The van der Waals surface area contributed by atoms with Gasteiger partial charge < -0.3 is 19.7 Å². The molecule has 7 heteroatoms. The summed E-state index contributed by atoms with van der Waals surface area (Å²) in [5, 5.41) is 3.71. The monoisotopic (exact) mass is 376 g/mol. The van der Waals surface area contributed by atoms with Gasteiger partial charge in [-0.3, -0.25) is 9.59 Å². The average molecular weight is 376 g/mol. The van der Waals surface area contributed by atoms with Crippen LogP contribution in [0.2, 0.25) is 0 Å². The fourth-order valence-corrected chi connectivity index (χ4v) is 4.25. The lowest BCUT2D eigenvalue weighted by atomic mass is 10.0. The van der Waals surface area contributed by atoms with Gasteiger partial charge in [0, 0.05) is 23.9 Å². The van der Waals surface area contributed by atoms with Crippen molar-refractivity contribution in [1.29, 1.82) is 0 Å². The predicted octanol–water partition coefficient (Wildman–Crippen LogP) is 2.59. The molecule has 1 aromatic carbocycles. The van der Waals surface area contributed by atoms with Crippen LogP contribution in [0.5, 0.6) is 0 Å². The van der Waals surface area contributed by atoms with Crippen molar-refractivity contribution in [3.05, 3.63) is 34.7 Å². The second-order valence-corrected chi connectivity index (χ2v) is 7.53. The number of amides is 2. The number of hydrogen-bond acceptors (Lipinski definition) is 5. The topological polar surface area (TPSA) is 67.9 Å². The second-order valence-electron chi connectivity index (χ2n) is 6.48. The van der Waals surface area contributed by atoms with Gasteiger partial charge in [-0.15, -0.1) is 11.3 Å². The predicted molar refractivity (Wildman–Crippen MR) is 102 cm³/mol. The van der Waals surface area contributed by atoms with Crippen LogP contribution in [0.25, 0.3) is 10.1 Å². The zero-order valence-electron chi connectivity index (χ0n) is 15.3. The van der Waals surface area contributed by atoms with Crippen LogP contribution in [-0.2, 0) is 14.3 Å². The van der Waals surface area contributed by atoms with Crippen molar-refractivity contribution in [2.24, 2.45) is 0 Å². The fraction of sp³-hybridized carbons (Fsp3) is 0.474. The maximum absolute atomic E-state index is 12.4. The van der Waals surface area contributed by atoms with Gasteiger partial charge in [-0.2, -0.15) is 0 Å². The van der Waals surface area contributed by atoms with Gasteiger partial charge in [0.05, 0.1) is 24.1 Å². The molecule has 1 saturated heterocycles. The van der Waals surface area contributed by atoms with Gasteiger partial charge in [0.25, 0.3) is 5.91 Å². The van der Waals surface area contributed by atoms with Crippen molar-refractivity contribution in [2.75, 3.05) is 33.4 Å². The van der Waals surface area contributed by atoms with Crippen LogP contribution in [0.15, 0.2) is 24.3 Å². The molecule has 0 unspecified atom stereocenters. The van der Waals surface area contributed by atoms with Gasteiger partial charge in [-0.05, 0) is 25.3 Å². The van der Waals surface area contributed by atoms with Gasteiger partial charge in [0.2, 0.25) is 5.91 Å². The van der Waals surface area contributed by atoms with E-state index in [-0.39, 0.29) is 30.6 Å². The molecule has 26 heavy (non-hydrogen) atoms. The molecule has 2 heterocycles. The normalized spacial score (nSPS) is 17.7. The molecule has 2 aromatic rings. The molecule has 1 N–H and O–H groups in total.